The predicted octanol–water partition coefficient (Wildman–Crippen LogP) is 8.51. The van der Waals surface area contributed by atoms with Gasteiger partial charge in [0.1, 0.15) is 0 Å². The molecule has 3 aromatic heterocycles. The lowest BCUT2D eigenvalue weighted by atomic mass is 9.83. The van der Waals surface area contributed by atoms with Crippen molar-refractivity contribution >= 4 is 30.4 Å². The summed E-state index contributed by atoms with van der Waals surface area (Å²) in [6.45, 7) is 7.82. The molecule has 57 heavy (non-hydrogen) atoms. The molecule has 6 aromatic rings. The van der Waals surface area contributed by atoms with Crippen LogP contribution >= 0.6 is 0 Å². The SMILES string of the molecule is CC(CC(CCc1ccncc1)c1ccncc1)c1ccncc1.Cc1ccc(S(=O)(=O)O)cc1.Cc1ccc(S(=O)(=O)O)cc1.Cc1ccc(S(=O)(=O)O)cc1. The van der Waals surface area contributed by atoms with Gasteiger partial charge in [0.15, 0.2) is 0 Å². The third kappa shape index (κ3) is 17.3. The number of hydrogen-bond acceptors (Lipinski definition) is 9. The van der Waals surface area contributed by atoms with E-state index < -0.39 is 30.4 Å². The van der Waals surface area contributed by atoms with Gasteiger partial charge in [0, 0.05) is 37.2 Å². The summed E-state index contributed by atoms with van der Waals surface area (Å²) in [5, 5.41) is 0. The van der Waals surface area contributed by atoms with Crippen molar-refractivity contribution in [1.82, 2.24) is 15.0 Å². The van der Waals surface area contributed by atoms with Crippen LogP contribution in [0.4, 0.5) is 0 Å². The lowest BCUT2D eigenvalue weighted by Crippen LogP contribution is -2.06. The molecular weight excluding hydrogens is 787 g/mol. The molecule has 0 bridgehead atoms. The quantitative estimate of drug-likeness (QED) is 0.111. The highest BCUT2D eigenvalue weighted by atomic mass is 32.2. The van der Waals surface area contributed by atoms with E-state index in [-0.39, 0.29) is 14.7 Å². The van der Waals surface area contributed by atoms with Gasteiger partial charge >= 0.3 is 0 Å². The van der Waals surface area contributed by atoms with Crippen molar-refractivity contribution in [2.75, 3.05) is 0 Å². The van der Waals surface area contributed by atoms with Crippen molar-refractivity contribution < 1.29 is 38.9 Å². The number of aromatic nitrogens is 3. The molecule has 12 nitrogen and oxygen atoms in total. The second kappa shape index (κ2) is 22.0. The largest absolute Gasteiger partial charge is 0.294 e. The normalized spacial score (nSPS) is 12.3. The summed E-state index contributed by atoms with van der Waals surface area (Å²) in [5.41, 5.74) is 6.95. The minimum Gasteiger partial charge on any atom is -0.282 e. The van der Waals surface area contributed by atoms with E-state index in [2.05, 4.69) is 58.3 Å². The topological polar surface area (TPSA) is 202 Å². The Hall–Kier alpha value is -5.16. The van der Waals surface area contributed by atoms with Crippen LogP contribution in [0.2, 0.25) is 0 Å². The summed E-state index contributed by atoms with van der Waals surface area (Å²) < 4.78 is 88.7. The summed E-state index contributed by atoms with van der Waals surface area (Å²) in [7, 11) is -12.1. The maximum atomic E-state index is 10.5. The van der Waals surface area contributed by atoms with E-state index >= 15 is 0 Å². The third-order valence-corrected chi connectivity index (χ3v) is 11.2. The van der Waals surface area contributed by atoms with Crippen LogP contribution in [0, 0.1) is 20.8 Å². The highest BCUT2D eigenvalue weighted by Gasteiger charge is 2.17. The maximum Gasteiger partial charge on any atom is 0.294 e. The molecule has 3 N–H and O–H groups in total. The fourth-order valence-corrected chi connectivity index (χ4v) is 6.77. The zero-order valence-corrected chi connectivity index (χ0v) is 34.4. The summed E-state index contributed by atoms with van der Waals surface area (Å²) in [4.78, 5) is 12.2. The van der Waals surface area contributed by atoms with Crippen molar-refractivity contribution in [3.05, 3.63) is 180 Å². The van der Waals surface area contributed by atoms with Crippen LogP contribution < -0.4 is 0 Å². The molecule has 15 heteroatoms. The molecule has 0 aliphatic heterocycles. The molecule has 2 unspecified atom stereocenters. The molecule has 302 valence electrons. The number of benzene rings is 3. The molecule has 3 heterocycles. The predicted molar refractivity (Wildman–Crippen MR) is 220 cm³/mol. The minimum absolute atomic E-state index is 0.0666. The first-order valence-electron chi connectivity index (χ1n) is 17.6. The molecule has 0 saturated carbocycles. The van der Waals surface area contributed by atoms with E-state index in [0.717, 1.165) is 36.0 Å². The standard InChI is InChI=1S/C21H23N3.3C7H8O3S/c1-17(19-6-12-23-13-7-19)16-21(20-8-14-24-15-9-20)3-2-18-4-10-22-11-5-18;3*1-6-2-4-7(5-3-6)11(8,9)10/h4-15,17,21H,2-3,16H2,1H3;3*2-5H,1H3,(H,8,9,10). The first kappa shape index (κ1) is 46.2. The van der Waals surface area contributed by atoms with Crippen LogP contribution in [0.5, 0.6) is 0 Å². The molecule has 3 aromatic carbocycles. The molecule has 0 spiro atoms. The highest BCUT2D eigenvalue weighted by molar-refractivity contribution is 7.86. The van der Waals surface area contributed by atoms with Crippen molar-refractivity contribution in [2.24, 2.45) is 0 Å². The molecule has 0 fully saturated rings. The molecule has 0 saturated heterocycles. The van der Waals surface area contributed by atoms with Gasteiger partial charge in [-0.05, 0) is 141 Å². The average Bonchev–Trinajstić information content (AvgIpc) is 3.18. The average molecular weight is 834 g/mol. The van der Waals surface area contributed by atoms with Crippen LogP contribution in [0.1, 0.15) is 65.0 Å². The summed E-state index contributed by atoms with van der Waals surface area (Å²) in [6, 6.07) is 30.7. The van der Waals surface area contributed by atoms with Gasteiger partial charge in [-0.3, -0.25) is 28.6 Å². The van der Waals surface area contributed by atoms with Crippen LogP contribution in [0.3, 0.4) is 0 Å². The Morgan fingerprint density at radius 2 is 0.754 bits per heavy atom. The first-order valence-corrected chi connectivity index (χ1v) is 22.0. The lowest BCUT2D eigenvalue weighted by Gasteiger charge is -2.22. The smallest absolute Gasteiger partial charge is 0.282 e. The maximum absolute atomic E-state index is 10.5. The highest BCUT2D eigenvalue weighted by Crippen LogP contribution is 2.32. The van der Waals surface area contributed by atoms with Gasteiger partial charge in [0.25, 0.3) is 30.4 Å². The minimum atomic E-state index is -4.02. The summed E-state index contributed by atoms with van der Waals surface area (Å²) in [5.74, 6) is 1.02. The van der Waals surface area contributed by atoms with Gasteiger partial charge in [-0.15, -0.1) is 0 Å². The number of hydrogen-bond donors (Lipinski definition) is 3. The molecule has 0 amide bonds. The van der Waals surface area contributed by atoms with Gasteiger partial charge < -0.3 is 0 Å². The fraction of sp³-hybridized carbons (Fsp3) is 0.214. The zero-order chi connectivity index (χ0) is 42.1. The molecular formula is C42H47N3O9S3. The van der Waals surface area contributed by atoms with Crippen molar-refractivity contribution in [2.45, 2.75) is 73.5 Å². The van der Waals surface area contributed by atoms with Crippen LogP contribution in [-0.4, -0.2) is 53.9 Å². The van der Waals surface area contributed by atoms with Crippen molar-refractivity contribution in [3.8, 4) is 0 Å². The zero-order valence-electron chi connectivity index (χ0n) is 32.0. The van der Waals surface area contributed by atoms with Crippen molar-refractivity contribution in [1.29, 1.82) is 0 Å². The van der Waals surface area contributed by atoms with Gasteiger partial charge in [-0.25, -0.2) is 0 Å². The van der Waals surface area contributed by atoms with E-state index in [9.17, 15) is 25.3 Å². The number of nitrogens with zero attached hydrogens (tertiary/aromatic N) is 3. The van der Waals surface area contributed by atoms with E-state index in [4.69, 9.17) is 13.7 Å². The molecule has 6 rings (SSSR count). The summed E-state index contributed by atoms with van der Waals surface area (Å²) >= 11 is 0. The summed E-state index contributed by atoms with van der Waals surface area (Å²) in [6.07, 6.45) is 14.6. The fourth-order valence-electron chi connectivity index (χ4n) is 5.33. The Labute approximate surface area is 336 Å². The molecule has 2 atom stereocenters. The number of pyridine rings is 3. The van der Waals surface area contributed by atoms with E-state index in [0.29, 0.717) is 11.8 Å². The van der Waals surface area contributed by atoms with Crippen LogP contribution in [-0.2, 0) is 36.8 Å². The monoisotopic (exact) mass is 833 g/mol. The van der Waals surface area contributed by atoms with Gasteiger partial charge in [-0.1, -0.05) is 60.0 Å². The van der Waals surface area contributed by atoms with Gasteiger partial charge in [0.2, 0.25) is 0 Å². The second-order valence-electron chi connectivity index (χ2n) is 13.2. The third-order valence-electron chi connectivity index (χ3n) is 8.58. The molecule has 0 radical (unpaired) electrons. The van der Waals surface area contributed by atoms with Crippen LogP contribution in [0.15, 0.2) is 161 Å². The van der Waals surface area contributed by atoms with E-state index in [1.807, 2.05) is 58.0 Å². The number of aryl methyl sites for hydroxylation is 4. The van der Waals surface area contributed by atoms with Gasteiger partial charge in [0.05, 0.1) is 14.7 Å². The number of rotatable bonds is 10. The van der Waals surface area contributed by atoms with E-state index in [1.54, 1.807) is 36.4 Å². The Balaban J connectivity index is 0.000000222. The first-order chi connectivity index (χ1) is 26.8. The Morgan fingerprint density at radius 1 is 0.456 bits per heavy atom. The van der Waals surface area contributed by atoms with Crippen LogP contribution in [0.25, 0.3) is 0 Å². The van der Waals surface area contributed by atoms with E-state index in [1.165, 1.54) is 53.1 Å². The molecule has 0 aliphatic rings. The lowest BCUT2D eigenvalue weighted by molar-refractivity contribution is 0.481. The Kier molecular flexibility index (Phi) is 17.8. The second-order valence-corrected chi connectivity index (χ2v) is 17.4. The Bertz CT molecular complexity index is 2250. The van der Waals surface area contributed by atoms with Gasteiger partial charge in [-0.2, -0.15) is 25.3 Å². The van der Waals surface area contributed by atoms with Crippen molar-refractivity contribution in [3.63, 3.8) is 0 Å². The molecule has 0 aliphatic carbocycles. The Morgan fingerprint density at radius 3 is 1.07 bits per heavy atom.